The molecule has 3 aliphatic carbocycles. The number of benzene rings is 8. The largest absolute Gasteiger partial charge is 0.334 e. The minimum absolute atomic E-state index is 0.00637. The second kappa shape index (κ2) is 16.6. The second-order valence-electron chi connectivity index (χ2n) is 29.7. The number of nitrogens with zero attached hydrogens (tertiary/aromatic N) is 3. The Balaban J connectivity index is 1.04. The van der Waals surface area contributed by atoms with Gasteiger partial charge in [-0.25, -0.2) is 0 Å². The van der Waals surface area contributed by atoms with Crippen molar-refractivity contribution >= 4 is 100 Å². The van der Waals surface area contributed by atoms with Gasteiger partial charge in [-0.3, -0.25) is 0 Å². The molecule has 81 heavy (non-hydrogen) atoms. The highest BCUT2D eigenvalue weighted by atomic mass is 32.1. The number of aryl methyl sites for hydroxylation is 2. The first-order chi connectivity index (χ1) is 38.3. The zero-order chi connectivity index (χ0) is 56.5. The fourth-order valence-corrected chi connectivity index (χ4v) is 18.3. The van der Waals surface area contributed by atoms with Crippen LogP contribution in [0.4, 0.5) is 45.5 Å². The van der Waals surface area contributed by atoms with Crippen molar-refractivity contribution < 1.29 is 0 Å². The Hall–Kier alpha value is -6.56. The number of thiophene rings is 1. The summed E-state index contributed by atoms with van der Waals surface area (Å²) in [6, 6.07) is 56.6. The van der Waals surface area contributed by atoms with Crippen LogP contribution in [0.2, 0.25) is 0 Å². The zero-order valence-corrected chi connectivity index (χ0v) is 51.7. The molecule has 8 aromatic carbocycles. The van der Waals surface area contributed by atoms with E-state index >= 15 is 0 Å². The van der Waals surface area contributed by atoms with Gasteiger partial charge in [0.25, 0.3) is 6.71 Å². The van der Waals surface area contributed by atoms with E-state index in [1.807, 2.05) is 11.3 Å². The van der Waals surface area contributed by atoms with E-state index < -0.39 is 0 Å². The van der Waals surface area contributed by atoms with E-state index in [0.29, 0.717) is 0 Å². The Labute approximate surface area is 487 Å². The molecule has 1 aromatic heterocycles. The van der Waals surface area contributed by atoms with Crippen LogP contribution in [0.1, 0.15) is 184 Å². The van der Waals surface area contributed by atoms with E-state index in [-0.39, 0.29) is 44.7 Å². The van der Waals surface area contributed by atoms with E-state index in [1.54, 1.807) is 0 Å². The lowest BCUT2D eigenvalue weighted by Crippen LogP contribution is -2.62. The number of rotatable bonds is 3. The second-order valence-corrected chi connectivity index (χ2v) is 30.8. The fourth-order valence-electron chi connectivity index (χ4n) is 17.1. The van der Waals surface area contributed by atoms with Gasteiger partial charge < -0.3 is 14.7 Å². The first-order valence-corrected chi connectivity index (χ1v) is 31.4. The van der Waals surface area contributed by atoms with Crippen molar-refractivity contribution in [2.45, 2.75) is 180 Å². The predicted octanol–water partition coefficient (Wildman–Crippen LogP) is 19.1. The molecule has 3 nitrogen and oxygen atoms in total. The standard InChI is InChI=1S/C76H80BN3S/c1-45-36-65-69-66(37-45)79(62-43-55-54(38-46(62)2)71(6,7)34-35-72(55,8)9)63-40-49(80-61-31-26-47(70(3,4)5)39-58(61)75(14)32-20-21-33-76(75,80)15)28-30-59(63)77(69)60-42-56-57(74(12,13)53-24-18-17-23-52(53)73(56,10)11)44-64(60)78(65)48-27-29-51-50-22-16-19-25-67(50)81-68(51)41-48/h16-19,22-31,36-44H,20-21,32-35H2,1-15H3. The molecule has 9 aromatic rings. The lowest BCUT2D eigenvalue weighted by atomic mass is 9.33. The number of fused-ring (bicyclic) bond motifs is 13. The predicted molar refractivity (Wildman–Crippen MR) is 350 cm³/mol. The molecular weight excluding hydrogens is 998 g/mol. The van der Waals surface area contributed by atoms with E-state index in [9.17, 15) is 0 Å². The molecule has 2 unspecified atom stereocenters. The van der Waals surface area contributed by atoms with Crippen molar-refractivity contribution in [1.82, 2.24) is 0 Å². The van der Waals surface area contributed by atoms with Crippen LogP contribution in [0.25, 0.3) is 20.2 Å². The molecule has 3 aliphatic heterocycles. The summed E-state index contributed by atoms with van der Waals surface area (Å²) in [4.78, 5) is 8.27. The Bertz CT molecular complexity index is 4220. The number of hydrogen-bond acceptors (Lipinski definition) is 4. The minimum Gasteiger partial charge on any atom is -0.334 e. The van der Waals surface area contributed by atoms with Crippen LogP contribution in [0.5, 0.6) is 0 Å². The SMILES string of the molecule is Cc1cc2c3c(c1)N(c1cc4c(cc1C)C(C)(C)CCC4(C)C)c1cc(N4c5ccc(C(C)(C)C)cc5C5(C)CCCCC45C)ccc1B3c1cc3c(cc1N2c1ccc2c(c1)sc1ccccc12)C(C)(C)c1ccccc1C3(C)C. The quantitative estimate of drug-likeness (QED) is 0.163. The van der Waals surface area contributed by atoms with Crippen LogP contribution in [0.3, 0.4) is 0 Å². The molecule has 1 saturated carbocycles. The van der Waals surface area contributed by atoms with Gasteiger partial charge in [0.05, 0.1) is 5.54 Å². The van der Waals surface area contributed by atoms with Gasteiger partial charge in [0, 0.05) is 81.9 Å². The third-order valence-electron chi connectivity index (χ3n) is 22.2. The number of anilines is 8. The zero-order valence-electron chi connectivity index (χ0n) is 50.8. The van der Waals surface area contributed by atoms with Crippen molar-refractivity contribution in [2.24, 2.45) is 0 Å². The first-order valence-electron chi connectivity index (χ1n) is 30.5. The Morgan fingerprint density at radius 2 is 1.05 bits per heavy atom. The smallest absolute Gasteiger partial charge is 0.252 e. The van der Waals surface area contributed by atoms with Gasteiger partial charge in [-0.15, -0.1) is 11.3 Å². The molecule has 0 spiro atoms. The summed E-state index contributed by atoms with van der Waals surface area (Å²) in [5.41, 5.74) is 28.4. The van der Waals surface area contributed by atoms with Crippen LogP contribution < -0.4 is 31.1 Å². The van der Waals surface area contributed by atoms with Gasteiger partial charge >= 0.3 is 0 Å². The first kappa shape index (κ1) is 51.3. The lowest BCUT2D eigenvalue weighted by molar-refractivity contribution is 0.195. The minimum atomic E-state index is -0.222. The maximum atomic E-state index is 2.83. The Kier molecular flexibility index (Phi) is 10.5. The average molecular weight is 1080 g/mol. The molecular formula is C76H80BN3S. The van der Waals surface area contributed by atoms with Crippen molar-refractivity contribution in [1.29, 1.82) is 0 Å². The highest BCUT2D eigenvalue weighted by Crippen LogP contribution is 2.62. The van der Waals surface area contributed by atoms with Crippen molar-refractivity contribution in [2.75, 3.05) is 14.7 Å². The monoisotopic (exact) mass is 1080 g/mol. The van der Waals surface area contributed by atoms with Crippen molar-refractivity contribution in [3.63, 3.8) is 0 Å². The Morgan fingerprint density at radius 3 is 1.77 bits per heavy atom. The van der Waals surface area contributed by atoms with E-state index in [0.717, 1.165) is 6.42 Å². The highest BCUT2D eigenvalue weighted by molar-refractivity contribution is 7.25. The molecule has 0 amide bonds. The molecule has 0 bridgehead atoms. The van der Waals surface area contributed by atoms with E-state index in [4.69, 9.17) is 0 Å². The number of hydrogen-bond donors (Lipinski definition) is 0. The van der Waals surface area contributed by atoms with Gasteiger partial charge in [-0.05, 0) is 195 Å². The summed E-state index contributed by atoms with van der Waals surface area (Å²) >= 11 is 1.92. The van der Waals surface area contributed by atoms with Crippen LogP contribution in [0, 0.1) is 13.8 Å². The Morgan fingerprint density at radius 1 is 0.444 bits per heavy atom. The van der Waals surface area contributed by atoms with Crippen molar-refractivity contribution in [3.05, 3.63) is 195 Å². The van der Waals surface area contributed by atoms with Gasteiger partial charge in [0.1, 0.15) is 0 Å². The molecule has 408 valence electrons. The fraction of sp³-hybridized carbons (Fsp3) is 0.368. The molecule has 1 fully saturated rings. The van der Waals surface area contributed by atoms with Crippen LogP contribution >= 0.6 is 11.3 Å². The maximum Gasteiger partial charge on any atom is 0.252 e. The van der Waals surface area contributed by atoms with E-state index in [2.05, 4.69) is 258 Å². The molecule has 4 heterocycles. The summed E-state index contributed by atoms with van der Waals surface area (Å²) in [6.45, 7) is 36.9. The molecule has 2 atom stereocenters. The summed E-state index contributed by atoms with van der Waals surface area (Å²) in [5.74, 6) is 0. The topological polar surface area (TPSA) is 9.72 Å². The molecule has 15 rings (SSSR count). The molecule has 0 radical (unpaired) electrons. The third kappa shape index (κ3) is 6.88. The van der Waals surface area contributed by atoms with E-state index in [1.165, 1.54) is 170 Å². The summed E-state index contributed by atoms with van der Waals surface area (Å²) < 4.78 is 2.66. The summed E-state index contributed by atoms with van der Waals surface area (Å²) in [5, 5.41) is 2.66. The van der Waals surface area contributed by atoms with Gasteiger partial charge in [-0.2, -0.15) is 0 Å². The lowest BCUT2D eigenvalue weighted by Gasteiger charge is -2.51. The molecule has 6 aliphatic rings. The highest BCUT2D eigenvalue weighted by Gasteiger charge is 2.58. The van der Waals surface area contributed by atoms with Crippen LogP contribution in [-0.4, -0.2) is 12.3 Å². The normalized spacial score (nSPS) is 22.1. The molecule has 5 heteroatoms. The van der Waals surface area contributed by atoms with Gasteiger partial charge in [-0.1, -0.05) is 175 Å². The summed E-state index contributed by atoms with van der Waals surface area (Å²) in [7, 11) is 0. The molecule has 0 saturated heterocycles. The third-order valence-corrected chi connectivity index (χ3v) is 23.3. The van der Waals surface area contributed by atoms with Gasteiger partial charge in [0.15, 0.2) is 0 Å². The average Bonchev–Trinajstić information content (AvgIpc) is 4.15. The van der Waals surface area contributed by atoms with Gasteiger partial charge in [0.2, 0.25) is 0 Å². The van der Waals surface area contributed by atoms with Crippen LogP contribution in [0.15, 0.2) is 140 Å². The summed E-state index contributed by atoms with van der Waals surface area (Å²) in [6.07, 6.45) is 7.21. The molecule has 0 N–H and O–H groups in total. The van der Waals surface area contributed by atoms with Crippen LogP contribution in [-0.2, 0) is 32.5 Å². The maximum absolute atomic E-state index is 2.83. The van der Waals surface area contributed by atoms with Crippen molar-refractivity contribution in [3.8, 4) is 0 Å².